The number of benzene rings is 2. The number of alkyl halides is 1. The van der Waals surface area contributed by atoms with Crippen LogP contribution in [-0.4, -0.2) is 11.0 Å². The van der Waals surface area contributed by atoms with E-state index in [-0.39, 0.29) is 0 Å². The van der Waals surface area contributed by atoms with Crippen molar-refractivity contribution in [2.45, 2.75) is 38.5 Å². The van der Waals surface area contributed by atoms with Gasteiger partial charge in [-0.15, -0.1) is 0 Å². The molecule has 0 amide bonds. The van der Waals surface area contributed by atoms with Crippen molar-refractivity contribution in [3.8, 4) is 0 Å². The van der Waals surface area contributed by atoms with Crippen molar-refractivity contribution >= 4 is 50.8 Å². The van der Waals surface area contributed by atoms with Gasteiger partial charge in [0.15, 0.2) is 6.20 Å². The van der Waals surface area contributed by atoms with Gasteiger partial charge >= 0.3 is 0 Å². The van der Waals surface area contributed by atoms with Crippen molar-refractivity contribution in [1.29, 1.82) is 0 Å². The van der Waals surface area contributed by atoms with E-state index in [1.807, 2.05) is 0 Å². The average molecular weight is 523 g/mol. The van der Waals surface area contributed by atoms with Crippen LogP contribution in [0.25, 0.3) is 22.6 Å². The number of nitrogens with zero attached hydrogens (tertiary/aromatic N) is 2. The molecule has 1 aliphatic rings. The van der Waals surface area contributed by atoms with E-state index in [2.05, 4.69) is 118 Å². The number of fused-ring (bicyclic) bond motifs is 2. The number of aryl methyl sites for hydroxylation is 1. The molecule has 0 spiro atoms. The number of allylic oxidation sites excluding steroid dienone is 2. The molecule has 2 aromatic carbocycles. The Balaban J connectivity index is 1.52. The molecule has 31 heavy (non-hydrogen) atoms. The Kier molecular flexibility index (Phi) is 7.79. The number of hydrogen-bond acceptors (Lipinski definition) is 1. The predicted molar refractivity (Wildman–Crippen MR) is 143 cm³/mol. The number of para-hydroxylation sites is 2. The number of rotatable bonds is 9. The molecule has 0 bridgehead atoms. The number of anilines is 1. The summed E-state index contributed by atoms with van der Waals surface area (Å²) >= 11 is 2.48. The first-order valence-corrected chi connectivity index (χ1v) is 13.0. The number of halogens is 1. The van der Waals surface area contributed by atoms with E-state index in [9.17, 15) is 0 Å². The lowest BCUT2D eigenvalue weighted by Gasteiger charge is -2.28. The Morgan fingerprint density at radius 3 is 2.48 bits per heavy atom. The zero-order chi connectivity index (χ0) is 21.5. The topological polar surface area (TPSA) is 7.12 Å². The normalized spacial score (nSPS) is 14.4. The van der Waals surface area contributed by atoms with Gasteiger partial charge in [0.1, 0.15) is 7.05 Å². The number of unbranched alkanes of at least 4 members (excludes halogenated alkanes) is 5. The minimum absolute atomic E-state index is 1.09. The van der Waals surface area contributed by atoms with E-state index in [0.717, 1.165) is 6.54 Å². The maximum Gasteiger partial charge on any atom is 0.212 e. The smallest absolute Gasteiger partial charge is 0.212 e. The monoisotopic (exact) mass is 523 g/mol. The molecule has 0 saturated heterocycles. The Bertz CT molecular complexity index is 1080. The highest BCUT2D eigenvalue weighted by Crippen LogP contribution is 2.34. The van der Waals surface area contributed by atoms with E-state index >= 15 is 0 Å². The SMILES string of the molecule is C[n+]1ccc(/C=C2/C=CN(CCCCCCCCI)c3ccccc32)c2ccccc21. The summed E-state index contributed by atoms with van der Waals surface area (Å²) in [5.41, 5.74) is 6.45. The van der Waals surface area contributed by atoms with Crippen LogP contribution in [0.4, 0.5) is 5.69 Å². The van der Waals surface area contributed by atoms with Crippen LogP contribution in [0.1, 0.15) is 49.7 Å². The minimum atomic E-state index is 1.09. The lowest BCUT2D eigenvalue weighted by atomic mass is 9.96. The highest BCUT2D eigenvalue weighted by Gasteiger charge is 2.16. The van der Waals surface area contributed by atoms with Crippen LogP contribution in [0.3, 0.4) is 0 Å². The van der Waals surface area contributed by atoms with Crippen molar-refractivity contribution < 1.29 is 4.57 Å². The second kappa shape index (κ2) is 10.9. The molecule has 0 saturated carbocycles. The molecule has 160 valence electrons. The second-order valence-corrected chi connectivity index (χ2v) is 9.41. The van der Waals surface area contributed by atoms with Gasteiger partial charge in [0.2, 0.25) is 5.52 Å². The molecule has 1 aromatic heterocycles. The fraction of sp³-hybridized carbons (Fsp3) is 0.321. The molecule has 0 fully saturated rings. The van der Waals surface area contributed by atoms with Gasteiger partial charge in [-0.1, -0.05) is 78.6 Å². The quantitative estimate of drug-likeness (QED) is 0.123. The molecule has 2 nitrogen and oxygen atoms in total. The zero-order valence-corrected chi connectivity index (χ0v) is 20.6. The molecular weight excluding hydrogens is 491 g/mol. The summed E-state index contributed by atoms with van der Waals surface area (Å²) in [5, 5.41) is 1.29. The van der Waals surface area contributed by atoms with Crippen LogP contribution in [0.5, 0.6) is 0 Å². The van der Waals surface area contributed by atoms with Crippen LogP contribution < -0.4 is 9.47 Å². The van der Waals surface area contributed by atoms with Crippen molar-refractivity contribution in [3.05, 3.63) is 84.2 Å². The molecule has 3 heteroatoms. The van der Waals surface area contributed by atoms with Gasteiger partial charge in [-0.3, -0.25) is 0 Å². The number of pyridine rings is 1. The maximum absolute atomic E-state index is 2.48. The molecule has 0 radical (unpaired) electrons. The largest absolute Gasteiger partial charge is 0.347 e. The third kappa shape index (κ3) is 5.38. The van der Waals surface area contributed by atoms with Crippen LogP contribution in [0.15, 0.2) is 73.1 Å². The molecule has 2 heterocycles. The van der Waals surface area contributed by atoms with E-state index in [4.69, 9.17) is 0 Å². The summed E-state index contributed by atoms with van der Waals surface area (Å²) in [7, 11) is 2.11. The Labute approximate surface area is 200 Å². The standard InChI is InChI=1S/C28H32IN2/c1-30-20-16-23(25-12-6-8-14-27(25)30)22-24-17-21-31(28-15-9-7-13-26(24)28)19-11-5-3-2-4-10-18-29/h6-9,12-17,20-22H,2-5,10-11,18-19H2,1H3/q+1. The highest BCUT2D eigenvalue weighted by atomic mass is 127. The molecule has 3 aromatic rings. The van der Waals surface area contributed by atoms with Crippen LogP contribution in [0.2, 0.25) is 0 Å². The first-order chi connectivity index (χ1) is 15.3. The highest BCUT2D eigenvalue weighted by molar-refractivity contribution is 14.1. The summed E-state index contributed by atoms with van der Waals surface area (Å²) in [6, 6.07) is 19.7. The van der Waals surface area contributed by atoms with E-state index < -0.39 is 0 Å². The second-order valence-electron chi connectivity index (χ2n) is 8.34. The fourth-order valence-corrected chi connectivity index (χ4v) is 4.93. The summed E-state index contributed by atoms with van der Waals surface area (Å²) in [5.74, 6) is 0. The number of hydrogen-bond donors (Lipinski definition) is 0. The van der Waals surface area contributed by atoms with Gasteiger partial charge in [-0.25, -0.2) is 4.57 Å². The minimum Gasteiger partial charge on any atom is -0.347 e. The Hall–Kier alpha value is -2.14. The van der Waals surface area contributed by atoms with Crippen LogP contribution >= 0.6 is 22.6 Å². The first kappa shape index (κ1) is 22.1. The summed E-state index contributed by atoms with van der Waals surface area (Å²) in [6.07, 6.45) is 17.1. The third-order valence-electron chi connectivity index (χ3n) is 6.12. The van der Waals surface area contributed by atoms with Crippen molar-refractivity contribution in [2.75, 3.05) is 15.9 Å². The van der Waals surface area contributed by atoms with Crippen molar-refractivity contribution in [2.24, 2.45) is 7.05 Å². The lowest BCUT2D eigenvalue weighted by molar-refractivity contribution is -0.644. The Morgan fingerprint density at radius 2 is 1.61 bits per heavy atom. The summed E-state index contributed by atoms with van der Waals surface area (Å²) in [4.78, 5) is 2.43. The van der Waals surface area contributed by atoms with E-state index in [0.29, 0.717) is 0 Å². The lowest BCUT2D eigenvalue weighted by Crippen LogP contribution is -2.28. The molecule has 1 aliphatic heterocycles. The zero-order valence-electron chi connectivity index (χ0n) is 18.4. The summed E-state index contributed by atoms with van der Waals surface area (Å²) in [6.45, 7) is 1.09. The predicted octanol–water partition coefficient (Wildman–Crippen LogP) is 7.31. The number of aromatic nitrogens is 1. The maximum atomic E-state index is 2.48. The van der Waals surface area contributed by atoms with Crippen LogP contribution in [-0.2, 0) is 7.05 Å². The summed E-state index contributed by atoms with van der Waals surface area (Å²) < 4.78 is 3.48. The van der Waals surface area contributed by atoms with Gasteiger partial charge in [0.25, 0.3) is 0 Å². The molecule has 4 rings (SSSR count). The molecular formula is C28H32IN2+. The molecule has 0 N–H and O–H groups in total. The van der Waals surface area contributed by atoms with Crippen molar-refractivity contribution in [3.63, 3.8) is 0 Å². The Morgan fingerprint density at radius 1 is 0.871 bits per heavy atom. The van der Waals surface area contributed by atoms with Gasteiger partial charge in [-0.2, -0.15) is 0 Å². The van der Waals surface area contributed by atoms with Crippen LogP contribution in [0, 0.1) is 0 Å². The van der Waals surface area contributed by atoms with E-state index in [1.54, 1.807) is 0 Å². The van der Waals surface area contributed by atoms with Gasteiger partial charge in [-0.05, 0) is 52.7 Å². The third-order valence-corrected chi connectivity index (χ3v) is 6.89. The average Bonchev–Trinajstić information content (AvgIpc) is 2.81. The van der Waals surface area contributed by atoms with Crippen molar-refractivity contribution in [1.82, 2.24) is 0 Å². The molecule has 0 aliphatic carbocycles. The van der Waals surface area contributed by atoms with Gasteiger partial charge in [0, 0.05) is 36.1 Å². The first-order valence-electron chi connectivity index (χ1n) is 11.5. The van der Waals surface area contributed by atoms with E-state index in [1.165, 1.54) is 76.2 Å². The fourth-order valence-electron chi connectivity index (χ4n) is 4.39. The van der Waals surface area contributed by atoms with Gasteiger partial charge < -0.3 is 4.90 Å². The molecule has 0 unspecified atom stereocenters. The van der Waals surface area contributed by atoms with Gasteiger partial charge in [0.05, 0.1) is 5.39 Å². The molecule has 0 atom stereocenters.